The Hall–Kier alpha value is -2.12. The van der Waals surface area contributed by atoms with Gasteiger partial charge in [0.15, 0.2) is 0 Å². The van der Waals surface area contributed by atoms with E-state index in [0.717, 1.165) is 0 Å². The molecule has 0 saturated carbocycles. The summed E-state index contributed by atoms with van der Waals surface area (Å²) in [5, 5.41) is 16.0. The lowest BCUT2D eigenvalue weighted by atomic mass is 10.3. The van der Waals surface area contributed by atoms with E-state index in [1.165, 1.54) is 11.6 Å². The first-order valence-electron chi connectivity index (χ1n) is 6.79. The number of benzene rings is 1. The van der Waals surface area contributed by atoms with Crippen molar-refractivity contribution in [2.75, 3.05) is 0 Å². The Morgan fingerprint density at radius 3 is 2.48 bits per heavy atom. The largest absolute Gasteiger partial charge is 0.480 e. The van der Waals surface area contributed by atoms with Crippen molar-refractivity contribution in [1.82, 2.24) is 20.1 Å². The fourth-order valence-electron chi connectivity index (χ4n) is 1.86. The average Bonchev–Trinajstić information content (AvgIpc) is 2.91. The first kappa shape index (κ1) is 17.2. The molecule has 1 heterocycles. The summed E-state index contributed by atoms with van der Waals surface area (Å²) in [6.07, 6.45) is 0.482. The van der Waals surface area contributed by atoms with Crippen LogP contribution in [0, 0.1) is 0 Å². The van der Waals surface area contributed by atoms with Gasteiger partial charge < -0.3 is 10.4 Å². The average molecular weight is 357 g/mol. The number of aryl methyl sites for hydroxylation is 1. The molecule has 1 aromatic heterocycles. The zero-order valence-corrected chi connectivity index (χ0v) is 13.9. The first-order valence-corrected chi connectivity index (χ1v) is 7.54. The van der Waals surface area contributed by atoms with E-state index in [1.54, 1.807) is 18.2 Å². The zero-order valence-electron chi connectivity index (χ0n) is 12.4. The summed E-state index contributed by atoms with van der Waals surface area (Å²) >= 11 is 12.3. The van der Waals surface area contributed by atoms with Crippen molar-refractivity contribution in [2.24, 2.45) is 0 Å². The summed E-state index contributed by atoms with van der Waals surface area (Å²) in [4.78, 5) is 27.0. The Morgan fingerprint density at radius 1 is 1.35 bits per heavy atom. The van der Waals surface area contributed by atoms with Gasteiger partial charge in [0.2, 0.25) is 5.82 Å². The molecule has 0 aliphatic heterocycles. The lowest BCUT2D eigenvalue weighted by Crippen LogP contribution is -2.38. The van der Waals surface area contributed by atoms with Crippen molar-refractivity contribution in [3.8, 4) is 5.69 Å². The molecule has 2 aromatic rings. The molecular weight excluding hydrogens is 343 g/mol. The minimum Gasteiger partial charge on any atom is -0.480 e. The monoisotopic (exact) mass is 356 g/mol. The van der Waals surface area contributed by atoms with Crippen molar-refractivity contribution in [2.45, 2.75) is 26.3 Å². The van der Waals surface area contributed by atoms with Crippen LogP contribution >= 0.6 is 23.2 Å². The maximum absolute atomic E-state index is 12.1. The van der Waals surface area contributed by atoms with E-state index >= 15 is 0 Å². The molecule has 1 amide bonds. The van der Waals surface area contributed by atoms with Gasteiger partial charge in [-0.2, -0.15) is 0 Å². The van der Waals surface area contributed by atoms with Crippen LogP contribution in [0.15, 0.2) is 18.2 Å². The van der Waals surface area contributed by atoms with E-state index in [1.807, 2.05) is 6.92 Å². The minimum atomic E-state index is -1.15. The van der Waals surface area contributed by atoms with Gasteiger partial charge in [-0.3, -0.25) is 9.59 Å². The van der Waals surface area contributed by atoms with E-state index < -0.39 is 17.9 Å². The number of aliphatic carboxylic acids is 1. The van der Waals surface area contributed by atoms with Gasteiger partial charge in [-0.1, -0.05) is 36.2 Å². The molecule has 122 valence electrons. The Labute approximate surface area is 142 Å². The molecule has 0 spiro atoms. The van der Waals surface area contributed by atoms with Gasteiger partial charge in [-0.15, -0.1) is 5.10 Å². The highest BCUT2D eigenvalue weighted by Crippen LogP contribution is 2.28. The fraction of sp³-hybridized carbons (Fsp3) is 0.286. The molecule has 2 rings (SSSR count). The number of carboxylic acid groups (broad SMARTS) is 1. The van der Waals surface area contributed by atoms with Crippen LogP contribution in [0.1, 0.15) is 30.3 Å². The summed E-state index contributed by atoms with van der Waals surface area (Å²) < 4.78 is 1.39. The highest BCUT2D eigenvalue weighted by Gasteiger charge is 2.22. The van der Waals surface area contributed by atoms with Gasteiger partial charge >= 0.3 is 5.97 Å². The number of hydrogen-bond acceptors (Lipinski definition) is 4. The summed E-state index contributed by atoms with van der Waals surface area (Å²) in [5.74, 6) is -1.50. The fourth-order valence-corrected chi connectivity index (χ4v) is 2.42. The number of hydrogen-bond donors (Lipinski definition) is 2. The van der Waals surface area contributed by atoms with Gasteiger partial charge in [-0.25, -0.2) is 9.67 Å². The number of rotatable bonds is 5. The van der Waals surface area contributed by atoms with Gasteiger partial charge in [0.05, 0.1) is 10.0 Å². The van der Waals surface area contributed by atoms with Crippen LogP contribution in [0.2, 0.25) is 10.0 Å². The molecule has 23 heavy (non-hydrogen) atoms. The molecule has 7 nitrogen and oxygen atoms in total. The number of amides is 1. The summed E-state index contributed by atoms with van der Waals surface area (Å²) in [6, 6.07) is 3.94. The van der Waals surface area contributed by atoms with E-state index in [0.29, 0.717) is 28.0 Å². The van der Waals surface area contributed by atoms with Crippen molar-refractivity contribution >= 4 is 35.1 Å². The Balaban J connectivity index is 2.42. The molecule has 0 aliphatic carbocycles. The van der Waals surface area contributed by atoms with E-state index in [4.69, 9.17) is 28.3 Å². The van der Waals surface area contributed by atoms with Crippen molar-refractivity contribution < 1.29 is 14.7 Å². The summed E-state index contributed by atoms with van der Waals surface area (Å²) in [5.41, 5.74) is 0.422. The number of para-hydroxylation sites is 1. The van der Waals surface area contributed by atoms with Crippen molar-refractivity contribution in [3.05, 3.63) is 39.9 Å². The van der Waals surface area contributed by atoms with Crippen LogP contribution in [0.4, 0.5) is 0 Å². The van der Waals surface area contributed by atoms with Crippen LogP contribution in [0.5, 0.6) is 0 Å². The molecule has 1 atom stereocenters. The summed E-state index contributed by atoms with van der Waals surface area (Å²) in [7, 11) is 0. The zero-order chi connectivity index (χ0) is 17.1. The first-order chi connectivity index (χ1) is 10.8. The van der Waals surface area contributed by atoms with E-state index in [9.17, 15) is 9.59 Å². The second-order valence-electron chi connectivity index (χ2n) is 4.72. The molecule has 0 saturated heterocycles. The predicted octanol–water partition coefficient (Wildman–Crippen LogP) is 2.34. The number of carbonyl (C=O) groups is 2. The third kappa shape index (κ3) is 3.62. The van der Waals surface area contributed by atoms with Crippen LogP contribution < -0.4 is 5.32 Å². The Bertz CT molecular complexity index is 740. The molecule has 1 aromatic carbocycles. The second-order valence-corrected chi connectivity index (χ2v) is 5.54. The van der Waals surface area contributed by atoms with Crippen LogP contribution in [0.3, 0.4) is 0 Å². The van der Waals surface area contributed by atoms with Crippen molar-refractivity contribution in [3.63, 3.8) is 0 Å². The number of carbonyl (C=O) groups excluding carboxylic acids is 1. The standard InChI is InChI=1S/C14H14Cl2N4O3/c1-3-10-18-12(13(21)17-7(2)14(22)23)19-20(10)11-8(15)5-4-6-9(11)16/h4-7H,3H2,1-2H3,(H,17,21)(H,22,23)/t7-/m0/s1. The minimum absolute atomic E-state index is 0.147. The molecule has 0 unspecified atom stereocenters. The second kappa shape index (κ2) is 6.97. The number of carboxylic acids is 1. The lowest BCUT2D eigenvalue weighted by molar-refractivity contribution is -0.138. The van der Waals surface area contributed by atoms with Crippen LogP contribution in [-0.2, 0) is 11.2 Å². The molecule has 0 fully saturated rings. The van der Waals surface area contributed by atoms with Gasteiger partial charge in [0, 0.05) is 6.42 Å². The molecule has 2 N–H and O–H groups in total. The topological polar surface area (TPSA) is 97.1 Å². The third-order valence-corrected chi connectivity index (χ3v) is 3.67. The predicted molar refractivity (Wildman–Crippen MR) is 85.3 cm³/mol. The number of nitrogens with one attached hydrogen (secondary N) is 1. The molecule has 0 aliphatic rings. The molecule has 0 bridgehead atoms. The molecular formula is C14H14Cl2N4O3. The third-order valence-electron chi connectivity index (χ3n) is 3.06. The highest BCUT2D eigenvalue weighted by atomic mass is 35.5. The van der Waals surface area contributed by atoms with Gasteiger partial charge in [0.1, 0.15) is 17.6 Å². The van der Waals surface area contributed by atoms with Crippen LogP contribution in [0.25, 0.3) is 5.69 Å². The summed E-state index contributed by atoms with van der Waals surface area (Å²) in [6.45, 7) is 3.19. The quantitative estimate of drug-likeness (QED) is 0.856. The van der Waals surface area contributed by atoms with Gasteiger partial charge in [-0.05, 0) is 19.1 Å². The smallest absolute Gasteiger partial charge is 0.325 e. The number of aromatic nitrogens is 3. The normalized spacial score (nSPS) is 12.0. The maximum Gasteiger partial charge on any atom is 0.325 e. The highest BCUT2D eigenvalue weighted by molar-refractivity contribution is 6.37. The van der Waals surface area contributed by atoms with Gasteiger partial charge in [0.25, 0.3) is 5.91 Å². The Kier molecular flexibility index (Phi) is 5.23. The van der Waals surface area contributed by atoms with E-state index in [-0.39, 0.29) is 5.82 Å². The SMILES string of the molecule is CCc1nc(C(=O)N[C@@H](C)C(=O)O)nn1-c1c(Cl)cccc1Cl. The molecule has 9 heteroatoms. The van der Waals surface area contributed by atoms with Crippen molar-refractivity contribution in [1.29, 1.82) is 0 Å². The maximum atomic E-state index is 12.1. The number of nitrogens with zero attached hydrogens (tertiary/aromatic N) is 3. The molecule has 0 radical (unpaired) electrons. The Morgan fingerprint density at radius 2 is 1.96 bits per heavy atom. The lowest BCUT2D eigenvalue weighted by Gasteiger charge is -2.08. The van der Waals surface area contributed by atoms with E-state index in [2.05, 4.69) is 15.4 Å². The van der Waals surface area contributed by atoms with Crippen LogP contribution in [-0.4, -0.2) is 37.8 Å². The number of halogens is 2.